The van der Waals surface area contributed by atoms with Crippen LogP contribution in [0.4, 0.5) is 0 Å². The van der Waals surface area contributed by atoms with Gasteiger partial charge in [0.15, 0.2) is 0 Å². The van der Waals surface area contributed by atoms with E-state index in [4.69, 9.17) is 0 Å². The van der Waals surface area contributed by atoms with E-state index in [1.807, 2.05) is 0 Å². The van der Waals surface area contributed by atoms with Crippen LogP contribution in [0.1, 0.15) is 32.1 Å². The molecule has 0 aromatic heterocycles. The zero-order chi connectivity index (χ0) is 14.5. The van der Waals surface area contributed by atoms with Gasteiger partial charge in [-0.3, -0.25) is 14.5 Å². The normalized spacial score (nSPS) is 21.8. The number of rotatable bonds is 3. The molecule has 0 radical (unpaired) electrons. The number of amides is 2. The molecule has 0 bridgehead atoms. The molecule has 2 heterocycles. The van der Waals surface area contributed by atoms with Crippen LogP contribution in [0.2, 0.25) is 0 Å². The Balaban J connectivity index is 1.76. The highest BCUT2D eigenvalue weighted by molar-refractivity contribution is 5.79. The van der Waals surface area contributed by atoms with Crippen LogP contribution < -0.4 is 0 Å². The minimum absolute atomic E-state index is 0.144. The molecule has 2 rings (SSSR count). The second kappa shape index (κ2) is 7.07. The van der Waals surface area contributed by atoms with Gasteiger partial charge in [-0.15, -0.1) is 0 Å². The maximum Gasteiger partial charge on any atom is 0.236 e. The van der Waals surface area contributed by atoms with E-state index in [1.54, 1.807) is 19.0 Å². The molecule has 0 spiro atoms. The number of likely N-dealkylation sites (N-methyl/N-ethyl adjacent to an activating group) is 1. The number of hydrogen-bond donors (Lipinski definition) is 0. The van der Waals surface area contributed by atoms with Gasteiger partial charge in [-0.1, -0.05) is 0 Å². The van der Waals surface area contributed by atoms with Gasteiger partial charge in [0.05, 0.1) is 6.54 Å². The monoisotopic (exact) mass is 281 g/mol. The highest BCUT2D eigenvalue weighted by Crippen LogP contribution is 2.21. The third-order valence-corrected chi connectivity index (χ3v) is 4.46. The van der Waals surface area contributed by atoms with Gasteiger partial charge in [-0.2, -0.15) is 0 Å². The summed E-state index contributed by atoms with van der Waals surface area (Å²) in [7, 11) is 3.57. The minimum Gasteiger partial charge on any atom is -0.348 e. The summed E-state index contributed by atoms with van der Waals surface area (Å²) < 4.78 is 0. The number of carbonyl (C=O) groups excluding carboxylic acids is 2. The van der Waals surface area contributed by atoms with Gasteiger partial charge in [0.25, 0.3) is 0 Å². The molecular formula is C15H27N3O2. The zero-order valence-corrected chi connectivity index (χ0v) is 12.8. The van der Waals surface area contributed by atoms with Gasteiger partial charge in [-0.05, 0) is 45.2 Å². The number of hydrogen-bond acceptors (Lipinski definition) is 3. The van der Waals surface area contributed by atoms with E-state index in [2.05, 4.69) is 9.80 Å². The first kappa shape index (κ1) is 15.3. The van der Waals surface area contributed by atoms with E-state index >= 15 is 0 Å². The number of likely N-dealkylation sites (tertiary alicyclic amines) is 2. The molecule has 0 unspecified atom stereocenters. The Morgan fingerprint density at radius 1 is 1.00 bits per heavy atom. The molecule has 2 saturated heterocycles. The maximum atomic E-state index is 12.4. The van der Waals surface area contributed by atoms with Crippen LogP contribution in [-0.4, -0.2) is 73.3 Å². The van der Waals surface area contributed by atoms with Gasteiger partial charge in [0.1, 0.15) is 0 Å². The fraction of sp³-hybridized carbons (Fsp3) is 0.867. The van der Waals surface area contributed by atoms with Crippen LogP contribution in [0.5, 0.6) is 0 Å². The number of nitrogens with zero attached hydrogens (tertiary/aromatic N) is 3. The molecule has 5 nitrogen and oxygen atoms in total. The second-order valence-electron chi connectivity index (χ2n) is 6.22. The average Bonchev–Trinajstić information content (AvgIpc) is 2.48. The van der Waals surface area contributed by atoms with Crippen molar-refractivity contribution in [1.82, 2.24) is 14.7 Å². The summed E-state index contributed by atoms with van der Waals surface area (Å²) in [6, 6.07) is 0. The first-order valence-corrected chi connectivity index (χ1v) is 7.79. The van der Waals surface area contributed by atoms with Gasteiger partial charge in [0, 0.05) is 33.1 Å². The highest BCUT2D eigenvalue weighted by atomic mass is 16.2. The Morgan fingerprint density at radius 3 is 2.15 bits per heavy atom. The molecule has 20 heavy (non-hydrogen) atoms. The van der Waals surface area contributed by atoms with Crippen molar-refractivity contribution in [3.05, 3.63) is 0 Å². The van der Waals surface area contributed by atoms with Gasteiger partial charge < -0.3 is 9.80 Å². The van der Waals surface area contributed by atoms with E-state index in [1.165, 1.54) is 6.42 Å². The first-order valence-electron chi connectivity index (χ1n) is 7.79. The summed E-state index contributed by atoms with van der Waals surface area (Å²) >= 11 is 0. The Labute approximate surface area is 121 Å². The lowest BCUT2D eigenvalue weighted by Crippen LogP contribution is -2.46. The van der Waals surface area contributed by atoms with Crippen molar-refractivity contribution < 1.29 is 9.59 Å². The molecule has 0 N–H and O–H groups in total. The molecule has 2 fully saturated rings. The molecule has 2 aliphatic heterocycles. The summed E-state index contributed by atoms with van der Waals surface area (Å²) in [5, 5.41) is 0. The van der Waals surface area contributed by atoms with Crippen LogP contribution in [0.15, 0.2) is 0 Å². The van der Waals surface area contributed by atoms with Crippen molar-refractivity contribution in [2.24, 2.45) is 5.92 Å². The third kappa shape index (κ3) is 3.95. The summed E-state index contributed by atoms with van der Waals surface area (Å²) in [4.78, 5) is 30.0. The standard InChI is InChI=1S/C15H27N3O2/c1-16(2)14(19)12-17-10-6-13(7-11-17)15(20)18-8-4-3-5-9-18/h13H,3-12H2,1-2H3. The molecule has 0 aliphatic carbocycles. The van der Waals surface area contributed by atoms with Crippen LogP contribution in [0.25, 0.3) is 0 Å². The Hall–Kier alpha value is -1.10. The van der Waals surface area contributed by atoms with Crippen molar-refractivity contribution in [2.75, 3.05) is 46.8 Å². The molecule has 0 atom stereocenters. The first-order chi connectivity index (χ1) is 9.58. The van der Waals surface area contributed by atoms with E-state index in [-0.39, 0.29) is 11.8 Å². The highest BCUT2D eigenvalue weighted by Gasteiger charge is 2.29. The topological polar surface area (TPSA) is 43.9 Å². The third-order valence-electron chi connectivity index (χ3n) is 4.46. The molecule has 0 saturated carbocycles. The van der Waals surface area contributed by atoms with Crippen LogP contribution in [0, 0.1) is 5.92 Å². The van der Waals surface area contributed by atoms with Crippen molar-refractivity contribution in [2.45, 2.75) is 32.1 Å². The Morgan fingerprint density at radius 2 is 1.60 bits per heavy atom. The summed E-state index contributed by atoms with van der Waals surface area (Å²) in [5.41, 5.74) is 0. The van der Waals surface area contributed by atoms with Crippen LogP contribution in [-0.2, 0) is 9.59 Å². The fourth-order valence-corrected chi connectivity index (χ4v) is 3.04. The number of piperidine rings is 2. The summed E-state index contributed by atoms with van der Waals surface area (Å²) in [5.74, 6) is 0.674. The van der Waals surface area contributed by atoms with E-state index in [0.29, 0.717) is 12.5 Å². The largest absolute Gasteiger partial charge is 0.348 e. The lowest BCUT2D eigenvalue weighted by atomic mass is 9.94. The van der Waals surface area contributed by atoms with Crippen molar-refractivity contribution in [1.29, 1.82) is 0 Å². The van der Waals surface area contributed by atoms with Crippen molar-refractivity contribution >= 4 is 11.8 Å². The summed E-state index contributed by atoms with van der Waals surface area (Å²) in [6.07, 6.45) is 5.37. The molecular weight excluding hydrogens is 254 g/mol. The molecule has 0 aromatic rings. The van der Waals surface area contributed by atoms with E-state index in [0.717, 1.165) is 51.9 Å². The van der Waals surface area contributed by atoms with Crippen LogP contribution >= 0.6 is 0 Å². The predicted octanol–water partition coefficient (Wildman–Crippen LogP) is 0.799. The quantitative estimate of drug-likeness (QED) is 0.768. The average molecular weight is 281 g/mol. The lowest BCUT2D eigenvalue weighted by molar-refractivity contribution is -0.138. The molecule has 5 heteroatoms. The predicted molar refractivity (Wildman–Crippen MR) is 78.3 cm³/mol. The Kier molecular flexibility index (Phi) is 5.40. The molecule has 114 valence electrons. The molecule has 2 amide bonds. The number of carbonyl (C=O) groups is 2. The smallest absolute Gasteiger partial charge is 0.236 e. The van der Waals surface area contributed by atoms with E-state index in [9.17, 15) is 9.59 Å². The van der Waals surface area contributed by atoms with Crippen LogP contribution in [0.3, 0.4) is 0 Å². The van der Waals surface area contributed by atoms with Crippen molar-refractivity contribution in [3.8, 4) is 0 Å². The second-order valence-corrected chi connectivity index (χ2v) is 6.22. The minimum atomic E-state index is 0.144. The molecule has 0 aromatic carbocycles. The molecule has 2 aliphatic rings. The maximum absolute atomic E-state index is 12.4. The summed E-state index contributed by atoms with van der Waals surface area (Å²) in [6.45, 7) is 4.10. The SMILES string of the molecule is CN(C)C(=O)CN1CCC(C(=O)N2CCCCC2)CC1. The van der Waals surface area contributed by atoms with E-state index < -0.39 is 0 Å². The van der Waals surface area contributed by atoms with Gasteiger partial charge in [-0.25, -0.2) is 0 Å². The van der Waals surface area contributed by atoms with Gasteiger partial charge in [0.2, 0.25) is 11.8 Å². The lowest BCUT2D eigenvalue weighted by Gasteiger charge is -2.35. The van der Waals surface area contributed by atoms with Crippen molar-refractivity contribution in [3.63, 3.8) is 0 Å². The van der Waals surface area contributed by atoms with Gasteiger partial charge >= 0.3 is 0 Å². The fourth-order valence-electron chi connectivity index (χ4n) is 3.04. The Bertz CT molecular complexity index is 343. The zero-order valence-electron chi connectivity index (χ0n) is 12.8.